The van der Waals surface area contributed by atoms with Gasteiger partial charge in [-0.15, -0.1) is 0 Å². The Morgan fingerprint density at radius 3 is 1.36 bits per heavy atom. The maximum atomic E-state index is 6.63. The summed E-state index contributed by atoms with van der Waals surface area (Å²) in [6.07, 6.45) is 0. The number of aromatic nitrogens is 1. The summed E-state index contributed by atoms with van der Waals surface area (Å²) >= 11 is 0. The van der Waals surface area contributed by atoms with Gasteiger partial charge in [-0.05, 0) is 74.6 Å². The first-order chi connectivity index (χ1) is 23.3. The van der Waals surface area contributed by atoms with Crippen LogP contribution in [0.3, 0.4) is 0 Å². The van der Waals surface area contributed by atoms with E-state index in [4.69, 9.17) is 4.74 Å². The number of hydrogen-bond donors (Lipinski definition) is 0. The van der Waals surface area contributed by atoms with Crippen LogP contribution in [0, 0.1) is 0 Å². The highest BCUT2D eigenvalue weighted by Gasteiger charge is 2.32. The Labute approximate surface area is 272 Å². The number of rotatable bonds is 3. The standard InChI is InChI=1S/C45H29NO/c1-3-11-35-31(9-1)23-27-41-44(35)43(45-36-12-4-2-10-32(36)24-28-42(45)47-41)33-19-17-29(18-20-33)30-21-25-34(26-22-30)46-39-15-7-5-13-37(39)38-14-6-8-16-40(38)46/h1-28,43H. The first-order valence-electron chi connectivity index (χ1n) is 16.2. The molecule has 220 valence electrons. The molecule has 0 saturated carbocycles. The van der Waals surface area contributed by atoms with Crippen LogP contribution in [0.25, 0.3) is 60.2 Å². The molecule has 1 aromatic heterocycles. The van der Waals surface area contributed by atoms with Crippen LogP contribution >= 0.6 is 0 Å². The number of nitrogens with zero attached hydrogens (tertiary/aromatic N) is 1. The van der Waals surface area contributed by atoms with E-state index in [0.29, 0.717) is 0 Å². The highest BCUT2D eigenvalue weighted by atomic mass is 16.5. The summed E-state index contributed by atoms with van der Waals surface area (Å²) in [6, 6.07) is 61.4. The minimum absolute atomic E-state index is 0.0395. The van der Waals surface area contributed by atoms with Gasteiger partial charge < -0.3 is 9.30 Å². The van der Waals surface area contributed by atoms with Crippen molar-refractivity contribution < 1.29 is 4.74 Å². The van der Waals surface area contributed by atoms with Gasteiger partial charge in [-0.3, -0.25) is 0 Å². The lowest BCUT2D eigenvalue weighted by molar-refractivity contribution is 0.456. The van der Waals surface area contributed by atoms with E-state index in [1.54, 1.807) is 0 Å². The van der Waals surface area contributed by atoms with Crippen LogP contribution in [0.5, 0.6) is 11.5 Å². The van der Waals surface area contributed by atoms with Crippen LogP contribution in [0.2, 0.25) is 0 Å². The SMILES string of the molecule is c1ccc2c3c(ccc2c1)Oc1ccc2ccccc2c1C3c1ccc(-c2ccc(-n3c4ccccc4c4ccccc43)cc2)cc1. The maximum absolute atomic E-state index is 6.63. The summed E-state index contributed by atoms with van der Waals surface area (Å²) in [5.41, 5.74) is 9.73. The van der Waals surface area contributed by atoms with Gasteiger partial charge >= 0.3 is 0 Å². The first-order valence-corrected chi connectivity index (χ1v) is 16.2. The van der Waals surface area contributed by atoms with Gasteiger partial charge in [-0.2, -0.15) is 0 Å². The van der Waals surface area contributed by atoms with Gasteiger partial charge in [0.1, 0.15) is 11.5 Å². The largest absolute Gasteiger partial charge is 0.457 e. The number of para-hydroxylation sites is 2. The maximum Gasteiger partial charge on any atom is 0.132 e. The summed E-state index contributed by atoms with van der Waals surface area (Å²) in [5.74, 6) is 1.90. The molecule has 2 heterocycles. The summed E-state index contributed by atoms with van der Waals surface area (Å²) in [7, 11) is 0. The van der Waals surface area contributed by atoms with E-state index in [0.717, 1.165) is 17.2 Å². The monoisotopic (exact) mass is 599 g/mol. The molecule has 0 bridgehead atoms. The van der Waals surface area contributed by atoms with Gasteiger partial charge in [0.25, 0.3) is 0 Å². The lowest BCUT2D eigenvalue weighted by Gasteiger charge is -2.31. The average molecular weight is 600 g/mol. The quantitative estimate of drug-likeness (QED) is 0.197. The predicted octanol–water partition coefficient (Wildman–Crippen LogP) is 12.0. The first kappa shape index (κ1) is 26.1. The van der Waals surface area contributed by atoms with Gasteiger partial charge in [0, 0.05) is 33.5 Å². The van der Waals surface area contributed by atoms with Gasteiger partial charge in [0.05, 0.1) is 11.0 Å². The predicted molar refractivity (Wildman–Crippen MR) is 195 cm³/mol. The van der Waals surface area contributed by atoms with E-state index in [2.05, 4.69) is 174 Å². The van der Waals surface area contributed by atoms with Gasteiger partial charge in [-0.25, -0.2) is 0 Å². The van der Waals surface area contributed by atoms with Crippen LogP contribution in [-0.4, -0.2) is 4.57 Å². The third-order valence-corrected chi connectivity index (χ3v) is 9.94. The molecule has 0 aliphatic carbocycles. The Morgan fingerprint density at radius 1 is 0.383 bits per heavy atom. The lowest BCUT2D eigenvalue weighted by Crippen LogP contribution is -2.13. The van der Waals surface area contributed by atoms with Crippen molar-refractivity contribution >= 4 is 43.4 Å². The minimum atomic E-state index is 0.0395. The van der Waals surface area contributed by atoms with E-state index in [9.17, 15) is 0 Å². The molecule has 47 heavy (non-hydrogen) atoms. The van der Waals surface area contributed by atoms with Crippen molar-refractivity contribution in [1.82, 2.24) is 4.57 Å². The molecule has 2 heteroatoms. The minimum Gasteiger partial charge on any atom is -0.457 e. The van der Waals surface area contributed by atoms with Crippen LogP contribution < -0.4 is 4.74 Å². The van der Waals surface area contributed by atoms with Gasteiger partial charge in [0.15, 0.2) is 0 Å². The number of ether oxygens (including phenoxy) is 1. The van der Waals surface area contributed by atoms with Crippen molar-refractivity contribution in [3.8, 4) is 28.3 Å². The Hall–Kier alpha value is -6.12. The third kappa shape index (κ3) is 3.98. The van der Waals surface area contributed by atoms with E-state index in [1.165, 1.54) is 71.2 Å². The molecule has 0 unspecified atom stereocenters. The molecular weight excluding hydrogens is 571 g/mol. The van der Waals surface area contributed by atoms with Crippen molar-refractivity contribution in [2.45, 2.75) is 5.92 Å². The molecule has 10 rings (SSSR count). The van der Waals surface area contributed by atoms with E-state index >= 15 is 0 Å². The zero-order chi connectivity index (χ0) is 30.9. The lowest BCUT2D eigenvalue weighted by atomic mass is 9.78. The normalized spacial score (nSPS) is 12.8. The molecule has 0 radical (unpaired) electrons. The fraction of sp³-hybridized carbons (Fsp3) is 0.0222. The number of hydrogen-bond acceptors (Lipinski definition) is 1. The summed E-state index contributed by atoms with van der Waals surface area (Å²) in [4.78, 5) is 0. The van der Waals surface area contributed by atoms with Gasteiger partial charge in [-0.1, -0.05) is 133 Å². The molecule has 9 aromatic rings. The van der Waals surface area contributed by atoms with Crippen molar-refractivity contribution in [3.05, 3.63) is 187 Å². The van der Waals surface area contributed by atoms with Crippen molar-refractivity contribution in [1.29, 1.82) is 0 Å². The summed E-state index contributed by atoms with van der Waals surface area (Å²) < 4.78 is 9.00. The molecule has 0 atom stereocenters. The third-order valence-electron chi connectivity index (χ3n) is 9.94. The van der Waals surface area contributed by atoms with Crippen LogP contribution in [0.1, 0.15) is 22.6 Å². The molecule has 0 fully saturated rings. The second-order valence-electron chi connectivity index (χ2n) is 12.5. The topological polar surface area (TPSA) is 14.2 Å². The highest BCUT2D eigenvalue weighted by molar-refractivity contribution is 6.09. The van der Waals surface area contributed by atoms with Crippen molar-refractivity contribution in [2.75, 3.05) is 0 Å². The Morgan fingerprint density at radius 2 is 0.830 bits per heavy atom. The van der Waals surface area contributed by atoms with E-state index in [1.807, 2.05) is 0 Å². The Bertz CT molecular complexity index is 2510. The number of benzene rings is 8. The van der Waals surface area contributed by atoms with Crippen molar-refractivity contribution in [3.63, 3.8) is 0 Å². The second kappa shape index (κ2) is 10.2. The zero-order valence-electron chi connectivity index (χ0n) is 25.6. The molecule has 8 aromatic carbocycles. The summed E-state index contributed by atoms with van der Waals surface area (Å²) in [6.45, 7) is 0. The fourth-order valence-electron chi connectivity index (χ4n) is 7.79. The molecular formula is C45H29NO. The van der Waals surface area contributed by atoms with Gasteiger partial charge in [0.2, 0.25) is 0 Å². The summed E-state index contributed by atoms with van der Waals surface area (Å²) in [5, 5.41) is 7.47. The fourth-order valence-corrected chi connectivity index (χ4v) is 7.79. The highest BCUT2D eigenvalue weighted by Crippen LogP contribution is 2.52. The van der Waals surface area contributed by atoms with Crippen LogP contribution in [0.4, 0.5) is 0 Å². The Balaban J connectivity index is 1.09. The molecule has 0 amide bonds. The molecule has 0 spiro atoms. The molecule has 0 N–H and O–H groups in total. The van der Waals surface area contributed by atoms with E-state index < -0.39 is 0 Å². The molecule has 2 nitrogen and oxygen atoms in total. The Kier molecular flexibility index (Phi) is 5.67. The number of fused-ring (bicyclic) bond motifs is 9. The van der Waals surface area contributed by atoms with E-state index in [-0.39, 0.29) is 5.92 Å². The zero-order valence-corrected chi connectivity index (χ0v) is 25.6. The van der Waals surface area contributed by atoms with Crippen LogP contribution in [0.15, 0.2) is 170 Å². The smallest absolute Gasteiger partial charge is 0.132 e. The second-order valence-corrected chi connectivity index (χ2v) is 12.5. The molecule has 1 aliphatic rings. The van der Waals surface area contributed by atoms with Crippen molar-refractivity contribution in [2.24, 2.45) is 0 Å². The van der Waals surface area contributed by atoms with Crippen LogP contribution in [-0.2, 0) is 0 Å². The average Bonchev–Trinajstić information content (AvgIpc) is 3.48. The molecule has 1 aliphatic heterocycles. The molecule has 0 saturated heterocycles.